The predicted molar refractivity (Wildman–Crippen MR) is 71.7 cm³/mol. The van der Waals surface area contributed by atoms with Crippen LogP contribution in [0.15, 0.2) is 27.7 Å². The van der Waals surface area contributed by atoms with Crippen molar-refractivity contribution >= 4 is 22.1 Å². The summed E-state index contributed by atoms with van der Waals surface area (Å²) in [4.78, 5) is 4.47. The van der Waals surface area contributed by atoms with Gasteiger partial charge in [-0.2, -0.15) is 0 Å². The fourth-order valence-corrected chi connectivity index (χ4v) is 2.41. The topological polar surface area (TPSA) is 52.8 Å². The molecule has 17 heavy (non-hydrogen) atoms. The molecule has 0 bridgehead atoms. The van der Waals surface area contributed by atoms with E-state index in [-0.39, 0.29) is 17.9 Å². The van der Waals surface area contributed by atoms with Crippen LogP contribution < -0.4 is 0 Å². The van der Waals surface area contributed by atoms with Gasteiger partial charge in [0.1, 0.15) is 5.75 Å². The summed E-state index contributed by atoms with van der Waals surface area (Å²) in [7, 11) is 0. The van der Waals surface area contributed by atoms with Gasteiger partial charge in [0.2, 0.25) is 0 Å². The van der Waals surface area contributed by atoms with Gasteiger partial charge in [-0.15, -0.1) is 0 Å². The molecule has 0 atom stereocenters. The highest BCUT2D eigenvalue weighted by Crippen LogP contribution is 2.27. The van der Waals surface area contributed by atoms with Crippen LogP contribution in [0.3, 0.4) is 0 Å². The van der Waals surface area contributed by atoms with Crippen LogP contribution in [-0.2, 0) is 0 Å². The van der Waals surface area contributed by atoms with E-state index in [1.807, 2.05) is 12.1 Å². The number of phenols is 1. The highest BCUT2D eigenvalue weighted by Gasteiger charge is 2.17. The number of phenolic OH excluding ortho intramolecular Hbond substituents is 1. The van der Waals surface area contributed by atoms with Crippen molar-refractivity contribution in [3.8, 4) is 5.75 Å². The summed E-state index contributed by atoms with van der Waals surface area (Å²) in [6, 6.07) is 5.78. The number of para-hydroxylation sites is 1. The Hall–Kier alpha value is -0.870. The number of aliphatic imine (C=N–C) groups is 1. The molecule has 0 spiro atoms. The van der Waals surface area contributed by atoms with Gasteiger partial charge in [-0.1, -0.05) is 6.07 Å². The Labute approximate surface area is 109 Å². The predicted octanol–water partition coefficient (Wildman–Crippen LogP) is 2.88. The van der Waals surface area contributed by atoms with E-state index in [1.54, 1.807) is 12.3 Å². The lowest BCUT2D eigenvalue weighted by Gasteiger charge is -2.22. The Morgan fingerprint density at radius 2 is 1.94 bits per heavy atom. The second-order valence-electron chi connectivity index (χ2n) is 4.42. The maximum Gasteiger partial charge on any atom is 0.138 e. The van der Waals surface area contributed by atoms with Gasteiger partial charge in [-0.25, -0.2) is 0 Å². The van der Waals surface area contributed by atoms with Crippen LogP contribution in [0.4, 0.5) is 0 Å². The molecule has 0 radical (unpaired) electrons. The van der Waals surface area contributed by atoms with Crippen LogP contribution in [0, 0.1) is 0 Å². The number of halogens is 1. The summed E-state index contributed by atoms with van der Waals surface area (Å²) >= 11 is 3.28. The third-order valence-corrected chi connectivity index (χ3v) is 3.75. The number of hydrogen-bond acceptors (Lipinski definition) is 3. The number of aliphatic hydroxyl groups excluding tert-OH is 1. The molecule has 1 aliphatic carbocycles. The third-order valence-electron chi connectivity index (χ3n) is 3.11. The first-order valence-corrected chi connectivity index (χ1v) is 6.65. The summed E-state index contributed by atoms with van der Waals surface area (Å²) in [5, 5.41) is 19.2. The van der Waals surface area contributed by atoms with Crippen molar-refractivity contribution < 1.29 is 10.2 Å². The lowest BCUT2D eigenvalue weighted by Crippen LogP contribution is -2.20. The molecular formula is C13H16BrNO2. The monoisotopic (exact) mass is 297 g/mol. The Bertz CT molecular complexity index is 412. The smallest absolute Gasteiger partial charge is 0.138 e. The average molecular weight is 298 g/mol. The van der Waals surface area contributed by atoms with E-state index < -0.39 is 0 Å². The van der Waals surface area contributed by atoms with E-state index in [0.29, 0.717) is 4.47 Å². The summed E-state index contributed by atoms with van der Waals surface area (Å²) in [6.45, 7) is 0. The van der Waals surface area contributed by atoms with E-state index in [9.17, 15) is 10.2 Å². The zero-order valence-corrected chi connectivity index (χ0v) is 11.1. The van der Waals surface area contributed by atoms with E-state index in [0.717, 1.165) is 31.2 Å². The van der Waals surface area contributed by atoms with Crippen LogP contribution in [0.1, 0.15) is 31.2 Å². The van der Waals surface area contributed by atoms with E-state index in [1.165, 1.54) is 0 Å². The van der Waals surface area contributed by atoms with Crippen molar-refractivity contribution in [3.05, 3.63) is 28.2 Å². The fraction of sp³-hybridized carbons (Fsp3) is 0.462. The van der Waals surface area contributed by atoms with Gasteiger partial charge in [0.05, 0.1) is 16.6 Å². The van der Waals surface area contributed by atoms with Crippen LogP contribution in [0.2, 0.25) is 0 Å². The number of hydrogen-bond donors (Lipinski definition) is 2. The highest BCUT2D eigenvalue weighted by molar-refractivity contribution is 9.10. The summed E-state index contributed by atoms with van der Waals surface area (Å²) in [5.41, 5.74) is 0.727. The minimum absolute atomic E-state index is 0.152. The van der Waals surface area contributed by atoms with Crippen molar-refractivity contribution in [3.63, 3.8) is 0 Å². The molecule has 0 saturated heterocycles. The molecule has 1 fully saturated rings. The quantitative estimate of drug-likeness (QED) is 0.825. The second-order valence-corrected chi connectivity index (χ2v) is 5.27. The van der Waals surface area contributed by atoms with Crippen LogP contribution in [-0.4, -0.2) is 28.6 Å². The molecule has 1 aromatic rings. The molecule has 0 unspecified atom stereocenters. The van der Waals surface area contributed by atoms with Crippen molar-refractivity contribution in [1.82, 2.24) is 0 Å². The standard InChI is InChI=1S/C13H16BrNO2/c14-12-3-1-2-9(13(12)17)8-15-10-4-6-11(16)7-5-10/h1-3,8,10-11,16-17H,4-7H2. The molecule has 0 aromatic heterocycles. The van der Waals surface area contributed by atoms with Gasteiger partial charge in [0, 0.05) is 11.8 Å². The maximum atomic E-state index is 9.79. The Kier molecular flexibility index (Phi) is 4.18. The minimum Gasteiger partial charge on any atom is -0.506 e. The van der Waals surface area contributed by atoms with Crippen molar-refractivity contribution in [2.45, 2.75) is 37.8 Å². The zero-order chi connectivity index (χ0) is 12.3. The Balaban J connectivity index is 2.03. The van der Waals surface area contributed by atoms with Crippen molar-refractivity contribution in [2.75, 3.05) is 0 Å². The summed E-state index contributed by atoms with van der Waals surface area (Å²) < 4.78 is 0.681. The number of aliphatic hydroxyl groups is 1. The number of aromatic hydroxyl groups is 1. The minimum atomic E-state index is -0.152. The first kappa shape index (κ1) is 12.6. The van der Waals surface area contributed by atoms with Crippen molar-refractivity contribution in [1.29, 1.82) is 0 Å². The van der Waals surface area contributed by atoms with Gasteiger partial charge >= 0.3 is 0 Å². The number of nitrogens with zero attached hydrogens (tertiary/aromatic N) is 1. The van der Waals surface area contributed by atoms with Crippen LogP contribution in [0.5, 0.6) is 5.75 Å². The molecule has 92 valence electrons. The molecule has 2 rings (SSSR count). The van der Waals surface area contributed by atoms with Crippen LogP contribution in [0.25, 0.3) is 0 Å². The lowest BCUT2D eigenvalue weighted by molar-refractivity contribution is 0.123. The molecule has 1 aliphatic rings. The van der Waals surface area contributed by atoms with Gasteiger partial charge in [0.25, 0.3) is 0 Å². The Morgan fingerprint density at radius 1 is 1.24 bits per heavy atom. The number of rotatable bonds is 2. The second kappa shape index (κ2) is 5.65. The van der Waals surface area contributed by atoms with E-state index in [2.05, 4.69) is 20.9 Å². The molecule has 3 nitrogen and oxygen atoms in total. The largest absolute Gasteiger partial charge is 0.506 e. The number of benzene rings is 1. The fourth-order valence-electron chi connectivity index (χ4n) is 2.03. The first-order chi connectivity index (χ1) is 8.16. The molecular weight excluding hydrogens is 282 g/mol. The van der Waals surface area contributed by atoms with Gasteiger partial charge in [0.15, 0.2) is 0 Å². The molecule has 2 N–H and O–H groups in total. The molecule has 1 saturated carbocycles. The third kappa shape index (κ3) is 3.30. The van der Waals surface area contributed by atoms with E-state index in [4.69, 9.17) is 0 Å². The molecule has 4 heteroatoms. The summed E-state index contributed by atoms with van der Waals surface area (Å²) in [6.07, 6.45) is 5.07. The summed E-state index contributed by atoms with van der Waals surface area (Å²) in [5.74, 6) is 0.229. The molecule has 0 aliphatic heterocycles. The molecule has 0 amide bonds. The van der Waals surface area contributed by atoms with Gasteiger partial charge in [-0.05, 0) is 53.7 Å². The van der Waals surface area contributed by atoms with Crippen molar-refractivity contribution in [2.24, 2.45) is 4.99 Å². The zero-order valence-electron chi connectivity index (χ0n) is 9.51. The van der Waals surface area contributed by atoms with E-state index >= 15 is 0 Å². The van der Waals surface area contributed by atoms with Gasteiger partial charge < -0.3 is 10.2 Å². The molecule has 0 heterocycles. The van der Waals surface area contributed by atoms with Gasteiger partial charge in [-0.3, -0.25) is 4.99 Å². The normalized spacial score (nSPS) is 25.3. The average Bonchev–Trinajstić information content (AvgIpc) is 2.33. The molecule has 1 aromatic carbocycles. The first-order valence-electron chi connectivity index (χ1n) is 5.85. The maximum absolute atomic E-state index is 9.79. The van der Waals surface area contributed by atoms with Crippen LogP contribution >= 0.6 is 15.9 Å². The SMILES string of the molecule is Oc1c(Br)cccc1C=NC1CCC(O)CC1. The lowest BCUT2D eigenvalue weighted by atomic mass is 9.93. The highest BCUT2D eigenvalue weighted by atomic mass is 79.9. The Morgan fingerprint density at radius 3 is 2.65 bits per heavy atom.